The van der Waals surface area contributed by atoms with Crippen molar-refractivity contribution >= 4 is 5.78 Å². The van der Waals surface area contributed by atoms with Gasteiger partial charge in [0.25, 0.3) is 0 Å². The van der Waals surface area contributed by atoms with Crippen molar-refractivity contribution in [2.75, 3.05) is 0 Å². The van der Waals surface area contributed by atoms with Gasteiger partial charge in [0.05, 0.1) is 6.42 Å². The van der Waals surface area contributed by atoms with Gasteiger partial charge < -0.3 is 4.52 Å². The van der Waals surface area contributed by atoms with Crippen molar-refractivity contribution in [1.29, 1.82) is 0 Å². The summed E-state index contributed by atoms with van der Waals surface area (Å²) in [5.41, 5.74) is 2.67. The van der Waals surface area contributed by atoms with E-state index in [1.807, 2.05) is 32.9 Å². The van der Waals surface area contributed by atoms with Crippen LogP contribution in [0.4, 0.5) is 0 Å². The lowest BCUT2D eigenvalue weighted by molar-refractivity contribution is -0.118. The molecular weight excluding hydrogens is 230 g/mol. The van der Waals surface area contributed by atoms with Gasteiger partial charge in [0.2, 0.25) is 11.7 Å². The molecule has 0 unspecified atom stereocenters. The number of ketones is 1. The Morgan fingerprint density at radius 2 is 1.89 bits per heavy atom. The van der Waals surface area contributed by atoms with Crippen LogP contribution in [0.15, 0.2) is 16.7 Å². The Morgan fingerprint density at radius 1 is 1.22 bits per heavy atom. The third kappa shape index (κ3) is 2.80. The second kappa shape index (κ2) is 5.08. The minimum Gasteiger partial charge on any atom is -0.339 e. The molecule has 0 aromatic carbocycles. The van der Waals surface area contributed by atoms with E-state index in [1.165, 1.54) is 0 Å². The monoisotopic (exact) mass is 245 g/mol. The molecule has 0 fully saturated rings. The van der Waals surface area contributed by atoms with Crippen LogP contribution < -0.4 is 0 Å². The number of carbonyl (C=O) groups is 1. The van der Waals surface area contributed by atoms with E-state index in [4.69, 9.17) is 4.52 Å². The molecule has 0 atom stereocenters. The lowest BCUT2D eigenvalue weighted by Gasteiger charge is -1.98. The van der Waals surface area contributed by atoms with Crippen LogP contribution >= 0.6 is 0 Å². The summed E-state index contributed by atoms with van der Waals surface area (Å²) in [7, 11) is 0. The van der Waals surface area contributed by atoms with E-state index in [1.54, 1.807) is 0 Å². The minimum absolute atomic E-state index is 0.0901. The molecule has 2 aromatic rings. The minimum atomic E-state index is 0.0901. The molecule has 0 saturated heterocycles. The zero-order valence-electron chi connectivity index (χ0n) is 10.7. The summed E-state index contributed by atoms with van der Waals surface area (Å²) < 4.78 is 5.07. The predicted molar refractivity (Wildman–Crippen MR) is 66.0 cm³/mol. The quantitative estimate of drug-likeness (QED) is 0.826. The van der Waals surface area contributed by atoms with Crippen molar-refractivity contribution in [1.82, 2.24) is 15.1 Å². The molecule has 0 aliphatic heterocycles. The fraction of sp³-hybridized carbons (Fsp3) is 0.385. The second-order valence-electron chi connectivity index (χ2n) is 4.22. The molecule has 0 saturated carbocycles. The van der Waals surface area contributed by atoms with Gasteiger partial charge in [-0.05, 0) is 26.0 Å². The Balaban J connectivity index is 2.26. The van der Waals surface area contributed by atoms with Gasteiger partial charge in [0, 0.05) is 23.4 Å². The van der Waals surface area contributed by atoms with Crippen LogP contribution in [0.1, 0.15) is 30.6 Å². The molecule has 5 heteroatoms. The van der Waals surface area contributed by atoms with Gasteiger partial charge >= 0.3 is 0 Å². The first-order valence-corrected chi connectivity index (χ1v) is 5.88. The second-order valence-corrected chi connectivity index (χ2v) is 4.22. The van der Waals surface area contributed by atoms with Crippen LogP contribution in [-0.4, -0.2) is 20.9 Å². The Bertz CT molecular complexity index is 555. The van der Waals surface area contributed by atoms with Gasteiger partial charge in [-0.1, -0.05) is 12.1 Å². The number of hydrogen-bond donors (Lipinski definition) is 0. The van der Waals surface area contributed by atoms with Crippen LogP contribution in [0.5, 0.6) is 0 Å². The summed E-state index contributed by atoms with van der Waals surface area (Å²) in [5.74, 6) is 0.957. The molecule has 5 nitrogen and oxygen atoms in total. The average molecular weight is 245 g/mol. The molecule has 0 aliphatic rings. The molecule has 0 radical (unpaired) electrons. The molecule has 0 amide bonds. The van der Waals surface area contributed by atoms with Gasteiger partial charge in [0.1, 0.15) is 5.78 Å². The number of carbonyl (C=O) groups excluding carboxylic acids is 1. The zero-order valence-corrected chi connectivity index (χ0v) is 10.7. The fourth-order valence-corrected chi connectivity index (χ4v) is 1.70. The maximum Gasteiger partial charge on any atom is 0.234 e. The third-order valence-corrected chi connectivity index (χ3v) is 2.55. The zero-order chi connectivity index (χ0) is 13.1. The van der Waals surface area contributed by atoms with E-state index in [9.17, 15) is 4.79 Å². The van der Waals surface area contributed by atoms with Crippen LogP contribution in [-0.2, 0) is 11.2 Å². The Labute approximate surface area is 105 Å². The molecule has 0 N–H and O–H groups in total. The van der Waals surface area contributed by atoms with Gasteiger partial charge in [-0.3, -0.25) is 9.78 Å². The van der Waals surface area contributed by atoms with Crippen LogP contribution in [0.3, 0.4) is 0 Å². The number of nitrogens with zero attached hydrogens (tertiary/aromatic N) is 3. The molecular formula is C13H15N3O2. The fourth-order valence-electron chi connectivity index (χ4n) is 1.70. The number of pyridine rings is 1. The lowest BCUT2D eigenvalue weighted by atomic mass is 10.2. The Morgan fingerprint density at radius 3 is 2.50 bits per heavy atom. The maximum absolute atomic E-state index is 11.3. The highest BCUT2D eigenvalue weighted by Crippen LogP contribution is 2.17. The first-order chi connectivity index (χ1) is 8.58. The highest BCUT2D eigenvalue weighted by Gasteiger charge is 2.12. The van der Waals surface area contributed by atoms with Gasteiger partial charge in [-0.15, -0.1) is 0 Å². The molecule has 0 bridgehead atoms. The van der Waals surface area contributed by atoms with Gasteiger partial charge in [-0.25, -0.2) is 0 Å². The van der Waals surface area contributed by atoms with E-state index in [-0.39, 0.29) is 12.2 Å². The molecule has 2 aromatic heterocycles. The predicted octanol–water partition coefficient (Wildman–Crippen LogP) is 2.27. The van der Waals surface area contributed by atoms with E-state index < -0.39 is 0 Å². The molecule has 0 aliphatic carbocycles. The topological polar surface area (TPSA) is 68.9 Å². The number of Topliss-reactive ketones (excluding diaryl/α,β-unsaturated/α-hetero) is 1. The molecule has 18 heavy (non-hydrogen) atoms. The summed E-state index contributed by atoms with van der Waals surface area (Å²) in [5, 5.41) is 3.89. The summed E-state index contributed by atoms with van der Waals surface area (Å²) >= 11 is 0. The number of aromatic nitrogens is 3. The summed E-state index contributed by atoms with van der Waals surface area (Å²) in [6.07, 6.45) is 0.678. The molecule has 2 heterocycles. The number of hydrogen-bond acceptors (Lipinski definition) is 5. The molecule has 2 rings (SSSR count). The lowest BCUT2D eigenvalue weighted by Crippen LogP contribution is -2.00. The summed E-state index contributed by atoms with van der Waals surface area (Å²) in [4.78, 5) is 19.8. The van der Waals surface area contributed by atoms with Crippen molar-refractivity contribution in [2.45, 2.75) is 33.6 Å². The van der Waals surface area contributed by atoms with Crippen molar-refractivity contribution in [2.24, 2.45) is 0 Å². The largest absolute Gasteiger partial charge is 0.339 e. The first-order valence-electron chi connectivity index (χ1n) is 5.88. The van der Waals surface area contributed by atoms with E-state index in [2.05, 4.69) is 15.1 Å². The standard InChI is InChI=1S/C13H15N3O2/c1-4-11(17)7-12-15-13(16-18-12)10-5-8(2)14-9(3)6-10/h5-6H,4,7H2,1-3H3. The van der Waals surface area contributed by atoms with Crippen molar-refractivity contribution in [3.05, 3.63) is 29.4 Å². The average Bonchev–Trinajstić information content (AvgIpc) is 2.76. The Kier molecular flexibility index (Phi) is 3.50. The normalized spacial score (nSPS) is 10.6. The summed E-state index contributed by atoms with van der Waals surface area (Å²) in [6.45, 7) is 5.64. The van der Waals surface area contributed by atoms with Gasteiger partial charge in [-0.2, -0.15) is 4.98 Å². The number of rotatable bonds is 4. The van der Waals surface area contributed by atoms with Crippen LogP contribution in [0.25, 0.3) is 11.4 Å². The molecule has 94 valence electrons. The first kappa shape index (κ1) is 12.4. The molecule has 0 spiro atoms. The van der Waals surface area contributed by atoms with Crippen molar-refractivity contribution in [3.63, 3.8) is 0 Å². The van der Waals surface area contributed by atoms with Crippen molar-refractivity contribution < 1.29 is 9.32 Å². The highest BCUT2D eigenvalue weighted by atomic mass is 16.5. The number of aryl methyl sites for hydroxylation is 2. The van der Waals surface area contributed by atoms with E-state index in [0.717, 1.165) is 17.0 Å². The van der Waals surface area contributed by atoms with Crippen LogP contribution in [0.2, 0.25) is 0 Å². The Hall–Kier alpha value is -2.04. The summed E-state index contributed by atoms with van der Waals surface area (Å²) in [6, 6.07) is 3.78. The van der Waals surface area contributed by atoms with E-state index >= 15 is 0 Å². The van der Waals surface area contributed by atoms with Crippen molar-refractivity contribution in [3.8, 4) is 11.4 Å². The maximum atomic E-state index is 11.3. The van der Waals surface area contributed by atoms with Gasteiger partial charge in [0.15, 0.2) is 0 Å². The van der Waals surface area contributed by atoms with E-state index in [0.29, 0.717) is 18.1 Å². The smallest absolute Gasteiger partial charge is 0.234 e. The third-order valence-electron chi connectivity index (χ3n) is 2.55. The highest BCUT2D eigenvalue weighted by molar-refractivity contribution is 5.79. The van der Waals surface area contributed by atoms with Crippen LogP contribution in [0, 0.1) is 13.8 Å². The SMILES string of the molecule is CCC(=O)Cc1nc(-c2cc(C)nc(C)c2)no1.